The Morgan fingerprint density at radius 1 is 1.23 bits per heavy atom. The highest BCUT2D eigenvalue weighted by atomic mass is 35.5. The molecule has 0 aliphatic carbocycles. The summed E-state index contributed by atoms with van der Waals surface area (Å²) < 4.78 is 30.4. The molecule has 0 aliphatic heterocycles. The summed E-state index contributed by atoms with van der Waals surface area (Å²) in [5, 5.41) is 2.87. The van der Waals surface area contributed by atoms with Gasteiger partial charge in [-0.15, -0.1) is 11.3 Å². The molecule has 0 fully saturated rings. The molecular weight excluding hydrogens is 416 g/mol. The highest BCUT2D eigenvalue weighted by Gasteiger charge is 2.25. The number of halogens is 1. The van der Waals surface area contributed by atoms with Crippen LogP contribution in [0.15, 0.2) is 46.7 Å². The summed E-state index contributed by atoms with van der Waals surface area (Å²) in [7, 11) is -2.44. The highest BCUT2D eigenvalue weighted by Crippen LogP contribution is 2.27. The zero-order chi connectivity index (χ0) is 18.7. The van der Waals surface area contributed by atoms with Crippen LogP contribution in [-0.2, 0) is 14.8 Å². The zero-order valence-corrected chi connectivity index (χ0v) is 16.6. The summed E-state index contributed by atoms with van der Waals surface area (Å²) in [6.07, 6.45) is 0. The Balaban J connectivity index is 1.65. The Bertz CT molecular complexity index is 1020. The molecule has 0 spiro atoms. The van der Waals surface area contributed by atoms with Gasteiger partial charge in [0, 0.05) is 24.1 Å². The Hall–Kier alpha value is -1.85. The molecule has 0 saturated heterocycles. The summed E-state index contributed by atoms with van der Waals surface area (Å²) in [4.78, 5) is 16.4. The fraction of sp³-hybridized carbons (Fsp3) is 0.133. The van der Waals surface area contributed by atoms with Gasteiger partial charge in [-0.3, -0.25) is 10.1 Å². The molecule has 3 rings (SSSR count). The van der Waals surface area contributed by atoms with Gasteiger partial charge < -0.3 is 0 Å². The SMILES string of the molecule is CN(CC(=O)Nc1nc(-c2ccccc2)ns1)S(=O)(=O)c1ccc(Cl)s1. The van der Waals surface area contributed by atoms with Crippen LogP contribution in [0.1, 0.15) is 0 Å². The number of likely N-dealkylation sites (N-methyl/N-ethyl adjacent to an activating group) is 1. The number of carbonyl (C=O) groups is 1. The Kier molecular flexibility index (Phi) is 5.68. The Morgan fingerprint density at radius 3 is 2.62 bits per heavy atom. The number of nitrogens with one attached hydrogen (secondary N) is 1. The predicted molar refractivity (Wildman–Crippen MR) is 103 cm³/mol. The van der Waals surface area contributed by atoms with Gasteiger partial charge in [-0.25, -0.2) is 8.42 Å². The average Bonchev–Trinajstić information content (AvgIpc) is 3.25. The third-order valence-electron chi connectivity index (χ3n) is 3.28. The number of anilines is 1. The van der Waals surface area contributed by atoms with E-state index in [0.717, 1.165) is 32.7 Å². The first-order valence-electron chi connectivity index (χ1n) is 7.27. The topological polar surface area (TPSA) is 92.3 Å². The van der Waals surface area contributed by atoms with E-state index in [4.69, 9.17) is 11.6 Å². The van der Waals surface area contributed by atoms with E-state index in [1.54, 1.807) is 0 Å². The molecule has 0 atom stereocenters. The largest absolute Gasteiger partial charge is 0.300 e. The number of carbonyl (C=O) groups excluding carboxylic acids is 1. The van der Waals surface area contributed by atoms with Gasteiger partial charge in [0.1, 0.15) is 4.21 Å². The fourth-order valence-electron chi connectivity index (χ4n) is 2.01. The lowest BCUT2D eigenvalue weighted by molar-refractivity contribution is -0.116. The molecule has 26 heavy (non-hydrogen) atoms. The van der Waals surface area contributed by atoms with Crippen molar-refractivity contribution in [3.05, 3.63) is 46.8 Å². The number of hydrogen-bond acceptors (Lipinski definition) is 7. The van der Waals surface area contributed by atoms with Gasteiger partial charge in [-0.1, -0.05) is 41.9 Å². The lowest BCUT2D eigenvalue weighted by atomic mass is 10.2. The van der Waals surface area contributed by atoms with Crippen molar-refractivity contribution in [3.63, 3.8) is 0 Å². The summed E-state index contributed by atoms with van der Waals surface area (Å²) in [5.74, 6) is -0.00501. The van der Waals surface area contributed by atoms with Gasteiger partial charge in [0.05, 0.1) is 10.9 Å². The van der Waals surface area contributed by atoms with Gasteiger partial charge in [0.15, 0.2) is 5.82 Å². The first-order valence-corrected chi connectivity index (χ1v) is 10.7. The average molecular weight is 429 g/mol. The summed E-state index contributed by atoms with van der Waals surface area (Å²) in [6.45, 7) is -0.349. The minimum Gasteiger partial charge on any atom is -0.300 e. The van der Waals surface area contributed by atoms with Crippen LogP contribution in [0.2, 0.25) is 4.34 Å². The quantitative estimate of drug-likeness (QED) is 0.650. The van der Waals surface area contributed by atoms with Crippen LogP contribution < -0.4 is 5.32 Å². The maximum Gasteiger partial charge on any atom is 0.252 e. The van der Waals surface area contributed by atoms with Gasteiger partial charge in [-0.05, 0) is 12.1 Å². The molecule has 2 aromatic heterocycles. The van der Waals surface area contributed by atoms with E-state index in [0.29, 0.717) is 15.3 Å². The van der Waals surface area contributed by atoms with Crippen molar-refractivity contribution in [2.24, 2.45) is 0 Å². The van der Waals surface area contributed by atoms with Crippen LogP contribution in [-0.4, -0.2) is 41.6 Å². The van der Waals surface area contributed by atoms with E-state index in [1.807, 2.05) is 30.3 Å². The maximum absolute atomic E-state index is 12.4. The highest BCUT2D eigenvalue weighted by molar-refractivity contribution is 7.91. The molecule has 1 aromatic carbocycles. The molecule has 7 nitrogen and oxygen atoms in total. The molecule has 0 bridgehead atoms. The third-order valence-corrected chi connectivity index (χ3v) is 7.42. The van der Waals surface area contributed by atoms with Gasteiger partial charge in [0.2, 0.25) is 11.0 Å². The van der Waals surface area contributed by atoms with Crippen LogP contribution in [0.25, 0.3) is 11.4 Å². The normalized spacial score (nSPS) is 11.7. The second-order valence-corrected chi connectivity index (χ2v) is 9.90. The number of thiophene rings is 1. The van der Waals surface area contributed by atoms with E-state index < -0.39 is 15.9 Å². The second kappa shape index (κ2) is 7.80. The van der Waals surface area contributed by atoms with Crippen LogP contribution >= 0.6 is 34.5 Å². The molecule has 0 unspecified atom stereocenters. The standard InChI is InChI=1S/C15H13ClN4O3S3/c1-20(26(22,23)13-8-7-11(16)24-13)9-12(21)17-15-18-14(19-25-15)10-5-3-2-4-6-10/h2-8H,9H2,1H3,(H,17,18,19,21). The maximum atomic E-state index is 12.4. The van der Waals surface area contributed by atoms with Crippen LogP contribution in [0.3, 0.4) is 0 Å². The number of nitrogens with zero attached hydrogens (tertiary/aromatic N) is 3. The number of amides is 1. The molecule has 1 amide bonds. The minimum absolute atomic E-state index is 0.0834. The van der Waals surface area contributed by atoms with Gasteiger partial charge in [-0.2, -0.15) is 13.7 Å². The second-order valence-electron chi connectivity index (χ2n) is 5.16. The predicted octanol–water partition coefficient (Wildman–Crippen LogP) is 3.18. The third kappa shape index (κ3) is 4.27. The minimum atomic E-state index is -3.77. The molecule has 11 heteroatoms. The van der Waals surface area contributed by atoms with Crippen LogP contribution in [0.5, 0.6) is 0 Å². The Labute approximate surface area is 163 Å². The number of sulfonamides is 1. The van der Waals surface area contributed by atoms with E-state index in [-0.39, 0.29) is 10.8 Å². The molecule has 0 aliphatic rings. The molecule has 0 saturated carbocycles. The molecule has 2 heterocycles. The van der Waals surface area contributed by atoms with Gasteiger partial charge >= 0.3 is 0 Å². The van der Waals surface area contributed by atoms with E-state index >= 15 is 0 Å². The van der Waals surface area contributed by atoms with Crippen molar-refractivity contribution in [1.29, 1.82) is 0 Å². The van der Waals surface area contributed by atoms with Crippen LogP contribution in [0, 0.1) is 0 Å². The van der Waals surface area contributed by atoms with Crippen molar-refractivity contribution in [1.82, 2.24) is 13.7 Å². The van der Waals surface area contributed by atoms with E-state index in [2.05, 4.69) is 14.7 Å². The number of hydrogen-bond donors (Lipinski definition) is 1. The molecular formula is C15H13ClN4O3S3. The summed E-state index contributed by atoms with van der Waals surface area (Å²) in [6, 6.07) is 12.2. The molecule has 0 radical (unpaired) electrons. The Morgan fingerprint density at radius 2 is 1.96 bits per heavy atom. The summed E-state index contributed by atoms with van der Waals surface area (Å²) in [5.41, 5.74) is 0.832. The van der Waals surface area contributed by atoms with Crippen molar-refractivity contribution < 1.29 is 13.2 Å². The van der Waals surface area contributed by atoms with Crippen molar-refractivity contribution in [2.75, 3.05) is 18.9 Å². The van der Waals surface area contributed by atoms with Crippen molar-refractivity contribution in [3.8, 4) is 11.4 Å². The number of aromatic nitrogens is 2. The van der Waals surface area contributed by atoms with Crippen molar-refractivity contribution >= 4 is 55.5 Å². The van der Waals surface area contributed by atoms with Crippen LogP contribution in [0.4, 0.5) is 5.13 Å². The first-order chi connectivity index (χ1) is 12.4. The molecule has 3 aromatic rings. The molecule has 136 valence electrons. The number of rotatable bonds is 6. The lowest BCUT2D eigenvalue weighted by Crippen LogP contribution is -2.34. The summed E-state index contributed by atoms with van der Waals surface area (Å²) >= 11 is 7.75. The lowest BCUT2D eigenvalue weighted by Gasteiger charge is -2.14. The number of benzene rings is 1. The monoisotopic (exact) mass is 428 g/mol. The smallest absolute Gasteiger partial charge is 0.252 e. The molecule has 1 N–H and O–H groups in total. The van der Waals surface area contributed by atoms with Crippen molar-refractivity contribution in [2.45, 2.75) is 4.21 Å². The zero-order valence-electron chi connectivity index (χ0n) is 13.4. The van der Waals surface area contributed by atoms with Gasteiger partial charge in [0.25, 0.3) is 10.0 Å². The first kappa shape index (κ1) is 18.9. The van der Waals surface area contributed by atoms with E-state index in [1.165, 1.54) is 19.2 Å². The van der Waals surface area contributed by atoms with E-state index in [9.17, 15) is 13.2 Å². The fourth-order valence-corrected chi connectivity index (χ4v) is 5.44.